The average molecular weight is 277 g/mol. The second-order valence-electron chi connectivity index (χ2n) is 4.65. The molecule has 0 unspecified atom stereocenters. The Morgan fingerprint density at radius 2 is 1.89 bits per heavy atom. The topological polar surface area (TPSA) is 17.1 Å². The van der Waals surface area contributed by atoms with Crippen molar-refractivity contribution in [2.75, 3.05) is 0 Å². The number of hydrogen-bond acceptors (Lipinski definition) is 1. The van der Waals surface area contributed by atoms with Crippen LogP contribution in [0.2, 0.25) is 5.02 Å². The van der Waals surface area contributed by atoms with Crippen molar-refractivity contribution in [1.82, 2.24) is 0 Å². The molecule has 0 aromatic heterocycles. The SMILES string of the molecule is Cc1ccc(C)c(C(=O)Cc2cc(Cl)ccc2F)c1. The van der Waals surface area contributed by atoms with Gasteiger partial charge in [-0.1, -0.05) is 29.3 Å². The molecule has 1 nitrogen and oxygen atoms in total. The number of Topliss-reactive ketones (excluding diaryl/α,β-unsaturated/α-hetero) is 1. The first-order chi connectivity index (χ1) is 8.97. The number of hydrogen-bond donors (Lipinski definition) is 0. The second kappa shape index (κ2) is 5.54. The molecule has 0 bridgehead atoms. The number of carbonyl (C=O) groups excluding carboxylic acids is 1. The number of carbonyl (C=O) groups is 1. The Kier molecular flexibility index (Phi) is 4.01. The maximum Gasteiger partial charge on any atom is 0.167 e. The molecular formula is C16H14ClFO. The van der Waals surface area contributed by atoms with Gasteiger partial charge in [0.05, 0.1) is 0 Å². The number of rotatable bonds is 3. The van der Waals surface area contributed by atoms with E-state index < -0.39 is 5.82 Å². The van der Waals surface area contributed by atoms with Crippen LogP contribution in [0.1, 0.15) is 27.0 Å². The van der Waals surface area contributed by atoms with Crippen molar-refractivity contribution in [3.63, 3.8) is 0 Å². The molecule has 0 heterocycles. The lowest BCUT2D eigenvalue weighted by atomic mass is 9.97. The Morgan fingerprint density at radius 3 is 2.63 bits per heavy atom. The van der Waals surface area contributed by atoms with Crippen molar-refractivity contribution in [2.24, 2.45) is 0 Å². The van der Waals surface area contributed by atoms with Gasteiger partial charge in [0.2, 0.25) is 0 Å². The molecule has 19 heavy (non-hydrogen) atoms. The number of ketones is 1. The van der Waals surface area contributed by atoms with Crippen LogP contribution in [-0.4, -0.2) is 5.78 Å². The third-order valence-corrected chi connectivity index (χ3v) is 3.29. The summed E-state index contributed by atoms with van der Waals surface area (Å²) in [6, 6.07) is 9.94. The van der Waals surface area contributed by atoms with E-state index in [-0.39, 0.29) is 12.2 Å². The molecule has 0 aliphatic heterocycles. The van der Waals surface area contributed by atoms with E-state index in [0.717, 1.165) is 11.1 Å². The van der Waals surface area contributed by atoms with E-state index in [1.165, 1.54) is 18.2 Å². The van der Waals surface area contributed by atoms with E-state index in [4.69, 9.17) is 11.6 Å². The highest BCUT2D eigenvalue weighted by Crippen LogP contribution is 2.19. The molecule has 2 rings (SSSR count). The predicted octanol–water partition coefficient (Wildman–Crippen LogP) is 4.52. The van der Waals surface area contributed by atoms with Gasteiger partial charge in [-0.15, -0.1) is 0 Å². The van der Waals surface area contributed by atoms with E-state index >= 15 is 0 Å². The van der Waals surface area contributed by atoms with Gasteiger partial charge in [-0.3, -0.25) is 4.79 Å². The summed E-state index contributed by atoms with van der Waals surface area (Å²) < 4.78 is 13.6. The molecule has 3 heteroatoms. The summed E-state index contributed by atoms with van der Waals surface area (Å²) in [7, 11) is 0. The molecule has 0 atom stereocenters. The lowest BCUT2D eigenvalue weighted by molar-refractivity contribution is 0.0991. The minimum absolute atomic E-state index is 0.0245. The second-order valence-corrected chi connectivity index (χ2v) is 5.09. The predicted molar refractivity (Wildman–Crippen MR) is 75.4 cm³/mol. The molecule has 0 aliphatic rings. The van der Waals surface area contributed by atoms with Crippen LogP contribution in [0.5, 0.6) is 0 Å². The third kappa shape index (κ3) is 3.21. The third-order valence-electron chi connectivity index (χ3n) is 3.05. The minimum Gasteiger partial charge on any atom is -0.294 e. The van der Waals surface area contributed by atoms with Crippen LogP contribution >= 0.6 is 11.6 Å². The van der Waals surface area contributed by atoms with Crippen LogP contribution in [0.15, 0.2) is 36.4 Å². The molecule has 2 aromatic carbocycles. The first kappa shape index (κ1) is 13.8. The maximum absolute atomic E-state index is 13.6. The first-order valence-electron chi connectivity index (χ1n) is 6.02. The van der Waals surface area contributed by atoms with Gasteiger partial charge < -0.3 is 0 Å². The van der Waals surface area contributed by atoms with Gasteiger partial charge >= 0.3 is 0 Å². The molecule has 0 saturated heterocycles. The van der Waals surface area contributed by atoms with Crippen molar-refractivity contribution < 1.29 is 9.18 Å². The van der Waals surface area contributed by atoms with Gasteiger partial charge in [0.1, 0.15) is 5.82 Å². The molecule has 0 saturated carbocycles. The fraction of sp³-hybridized carbons (Fsp3) is 0.188. The summed E-state index contributed by atoms with van der Waals surface area (Å²) in [4.78, 5) is 12.2. The van der Waals surface area contributed by atoms with E-state index in [1.54, 1.807) is 0 Å². The van der Waals surface area contributed by atoms with Crippen molar-refractivity contribution in [3.05, 3.63) is 69.5 Å². The van der Waals surface area contributed by atoms with Gasteiger partial charge in [0.15, 0.2) is 5.78 Å². The van der Waals surface area contributed by atoms with Crippen molar-refractivity contribution in [3.8, 4) is 0 Å². The molecule has 0 aliphatic carbocycles. The van der Waals surface area contributed by atoms with Gasteiger partial charge in [-0.2, -0.15) is 0 Å². The van der Waals surface area contributed by atoms with Gasteiger partial charge in [-0.25, -0.2) is 4.39 Å². The number of benzene rings is 2. The van der Waals surface area contributed by atoms with Crippen molar-refractivity contribution in [1.29, 1.82) is 0 Å². The lowest BCUT2D eigenvalue weighted by Gasteiger charge is -2.07. The Bertz CT molecular complexity index is 635. The maximum atomic E-state index is 13.6. The van der Waals surface area contributed by atoms with Crippen molar-refractivity contribution in [2.45, 2.75) is 20.3 Å². The highest BCUT2D eigenvalue weighted by molar-refractivity contribution is 6.30. The standard InChI is InChI=1S/C16H14ClFO/c1-10-3-4-11(2)14(7-10)16(19)9-12-8-13(17)5-6-15(12)18/h3-8H,9H2,1-2H3. The number of halogens is 2. The molecule has 0 spiro atoms. The normalized spacial score (nSPS) is 10.5. The van der Waals surface area contributed by atoms with Gasteiger partial charge in [0, 0.05) is 17.0 Å². The quantitative estimate of drug-likeness (QED) is 0.753. The monoisotopic (exact) mass is 276 g/mol. The smallest absolute Gasteiger partial charge is 0.167 e. The number of aryl methyl sites for hydroxylation is 2. The fourth-order valence-electron chi connectivity index (χ4n) is 1.98. The largest absolute Gasteiger partial charge is 0.294 e. The molecule has 0 N–H and O–H groups in total. The Labute approximate surface area is 117 Å². The van der Waals surface area contributed by atoms with Gasteiger partial charge in [-0.05, 0) is 49.2 Å². The summed E-state index contributed by atoms with van der Waals surface area (Å²) in [5.41, 5.74) is 2.89. The van der Waals surface area contributed by atoms with Gasteiger partial charge in [0.25, 0.3) is 0 Å². The van der Waals surface area contributed by atoms with Crippen LogP contribution in [-0.2, 0) is 6.42 Å². The van der Waals surface area contributed by atoms with Crippen LogP contribution in [0.3, 0.4) is 0 Å². The van der Waals surface area contributed by atoms with E-state index in [2.05, 4.69) is 0 Å². The summed E-state index contributed by atoms with van der Waals surface area (Å²) in [5, 5.41) is 0.435. The van der Waals surface area contributed by atoms with Crippen LogP contribution < -0.4 is 0 Å². The minimum atomic E-state index is -0.400. The zero-order chi connectivity index (χ0) is 14.0. The summed E-state index contributed by atoms with van der Waals surface area (Å²) in [6.07, 6.45) is 0.0245. The molecular weight excluding hydrogens is 263 g/mol. The molecule has 0 amide bonds. The summed E-state index contributed by atoms with van der Waals surface area (Å²) in [5.74, 6) is -0.495. The van der Waals surface area contributed by atoms with E-state index in [9.17, 15) is 9.18 Å². The fourth-order valence-corrected chi connectivity index (χ4v) is 2.18. The lowest BCUT2D eigenvalue weighted by Crippen LogP contribution is -2.07. The first-order valence-corrected chi connectivity index (χ1v) is 6.39. The highest BCUT2D eigenvalue weighted by Gasteiger charge is 2.13. The van der Waals surface area contributed by atoms with Crippen LogP contribution in [0.4, 0.5) is 4.39 Å². The zero-order valence-corrected chi connectivity index (χ0v) is 11.6. The van der Waals surface area contributed by atoms with Crippen LogP contribution in [0.25, 0.3) is 0 Å². The highest BCUT2D eigenvalue weighted by atomic mass is 35.5. The average Bonchev–Trinajstić information content (AvgIpc) is 2.36. The zero-order valence-electron chi connectivity index (χ0n) is 10.8. The van der Waals surface area contributed by atoms with Crippen LogP contribution in [0, 0.1) is 19.7 Å². The summed E-state index contributed by atoms with van der Waals surface area (Å²) in [6.45, 7) is 3.80. The Balaban J connectivity index is 2.30. The van der Waals surface area contributed by atoms with Crippen molar-refractivity contribution >= 4 is 17.4 Å². The Hall–Kier alpha value is -1.67. The summed E-state index contributed by atoms with van der Waals surface area (Å²) >= 11 is 5.82. The molecule has 0 fully saturated rings. The van der Waals surface area contributed by atoms with E-state index in [0.29, 0.717) is 16.1 Å². The Morgan fingerprint density at radius 1 is 1.16 bits per heavy atom. The molecule has 2 aromatic rings. The molecule has 98 valence electrons. The molecule has 0 radical (unpaired) electrons. The van der Waals surface area contributed by atoms with E-state index in [1.807, 2.05) is 32.0 Å².